The van der Waals surface area contributed by atoms with Crippen LogP contribution in [0.2, 0.25) is 0 Å². The van der Waals surface area contributed by atoms with Crippen molar-refractivity contribution in [1.82, 2.24) is 0 Å². The molecule has 8 heteroatoms. The van der Waals surface area contributed by atoms with Gasteiger partial charge in [-0.05, 0) is 72.0 Å². The van der Waals surface area contributed by atoms with Crippen LogP contribution >= 0.6 is 0 Å². The minimum absolute atomic E-state index is 0.0406. The number of carbonyl (C=O) groups excluding carboxylic acids is 3. The van der Waals surface area contributed by atoms with Crippen LogP contribution in [0.25, 0.3) is 5.76 Å². The first-order valence-electron chi connectivity index (χ1n) is 12.6. The topological polar surface area (TPSA) is 105 Å². The van der Waals surface area contributed by atoms with Gasteiger partial charge >= 0.3 is 0 Å². The van der Waals surface area contributed by atoms with Gasteiger partial charge in [0.1, 0.15) is 17.3 Å². The largest absolute Gasteiger partial charge is 0.507 e. The number of anilines is 2. The number of ketones is 1. The van der Waals surface area contributed by atoms with E-state index in [0.29, 0.717) is 39.6 Å². The maximum Gasteiger partial charge on any atom is 0.300 e. The highest BCUT2D eigenvalue weighted by Gasteiger charge is 2.47. The average Bonchev–Trinajstić information content (AvgIpc) is 3.17. The molecule has 4 rings (SSSR count). The predicted octanol–water partition coefficient (Wildman–Crippen LogP) is 5.72. The molecule has 0 radical (unpaired) electrons. The van der Waals surface area contributed by atoms with Gasteiger partial charge < -0.3 is 19.9 Å². The zero-order valence-electron chi connectivity index (χ0n) is 22.9. The highest BCUT2D eigenvalue weighted by Crippen LogP contribution is 2.44. The lowest BCUT2D eigenvalue weighted by atomic mass is 9.91. The number of aliphatic hydroxyl groups excluding tert-OH is 1. The van der Waals surface area contributed by atoms with Crippen LogP contribution in [0.4, 0.5) is 11.4 Å². The molecule has 0 spiro atoms. The summed E-state index contributed by atoms with van der Waals surface area (Å²) in [7, 11) is 3.12. The number of hydrogen-bond donors (Lipinski definition) is 2. The SMILES string of the molecule is COc1cccc(C2/C(=C(\O)c3cc(C(C)C)c(OC)cc3C)C(=O)C(=O)N2c2cccc(NC(C)=O)c2)c1. The number of aliphatic hydroxyl groups is 1. The van der Waals surface area contributed by atoms with Crippen LogP contribution in [0, 0.1) is 6.92 Å². The van der Waals surface area contributed by atoms with Gasteiger partial charge in [0.2, 0.25) is 5.91 Å². The number of aryl methyl sites for hydroxylation is 1. The van der Waals surface area contributed by atoms with Crippen molar-refractivity contribution >= 4 is 34.7 Å². The second-order valence-electron chi connectivity index (χ2n) is 9.74. The van der Waals surface area contributed by atoms with Gasteiger partial charge in [-0.15, -0.1) is 0 Å². The van der Waals surface area contributed by atoms with Crippen molar-refractivity contribution in [2.75, 3.05) is 24.4 Å². The van der Waals surface area contributed by atoms with E-state index in [1.807, 2.05) is 32.9 Å². The lowest BCUT2D eigenvalue weighted by molar-refractivity contribution is -0.132. The molecule has 0 aliphatic carbocycles. The molecule has 8 nitrogen and oxygen atoms in total. The molecule has 1 heterocycles. The van der Waals surface area contributed by atoms with Gasteiger partial charge in [-0.1, -0.05) is 32.0 Å². The summed E-state index contributed by atoms with van der Waals surface area (Å²) in [5, 5.41) is 14.4. The summed E-state index contributed by atoms with van der Waals surface area (Å²) in [4.78, 5) is 40.2. The summed E-state index contributed by atoms with van der Waals surface area (Å²) in [6.07, 6.45) is 0. The third kappa shape index (κ3) is 5.23. The number of Topliss-reactive ketones (excluding diaryl/α,β-unsaturated/α-hetero) is 1. The first-order chi connectivity index (χ1) is 18.6. The molecule has 0 aromatic heterocycles. The maximum atomic E-state index is 13.6. The number of nitrogens with zero attached hydrogens (tertiary/aromatic N) is 1. The normalized spacial score (nSPS) is 16.5. The summed E-state index contributed by atoms with van der Waals surface area (Å²) in [6, 6.07) is 16.4. The third-order valence-corrected chi connectivity index (χ3v) is 6.75. The fraction of sp³-hybridized carbons (Fsp3) is 0.258. The molecule has 2 amide bonds. The van der Waals surface area contributed by atoms with Crippen LogP contribution in [0.5, 0.6) is 11.5 Å². The summed E-state index contributed by atoms with van der Waals surface area (Å²) in [5.74, 6) is -0.851. The standard InChI is InChI=1S/C31H32N2O6/c1-17(2)24-16-25(18(3)13-26(24)39-6)29(35)27-28(20-9-7-12-23(14-20)38-5)33(31(37)30(27)36)22-11-8-10-21(15-22)32-19(4)34/h7-17,28,35H,1-6H3,(H,32,34)/b29-27+. The number of rotatable bonds is 7. The number of ether oxygens (including phenoxy) is 2. The van der Waals surface area contributed by atoms with Crippen molar-refractivity contribution in [3.63, 3.8) is 0 Å². The Morgan fingerprint density at radius 2 is 1.72 bits per heavy atom. The molecule has 3 aromatic rings. The lowest BCUT2D eigenvalue weighted by Gasteiger charge is -2.26. The molecule has 1 aliphatic rings. The van der Waals surface area contributed by atoms with E-state index in [1.165, 1.54) is 18.9 Å². The van der Waals surface area contributed by atoms with Gasteiger partial charge in [0, 0.05) is 23.9 Å². The van der Waals surface area contributed by atoms with E-state index < -0.39 is 17.7 Å². The predicted molar refractivity (Wildman–Crippen MR) is 150 cm³/mol. The Bertz CT molecular complexity index is 1490. The number of methoxy groups -OCH3 is 2. The number of hydrogen-bond acceptors (Lipinski definition) is 6. The van der Waals surface area contributed by atoms with Gasteiger partial charge in [0.25, 0.3) is 11.7 Å². The molecule has 1 unspecified atom stereocenters. The van der Waals surface area contributed by atoms with E-state index in [-0.39, 0.29) is 23.2 Å². The van der Waals surface area contributed by atoms with Gasteiger partial charge in [-0.2, -0.15) is 0 Å². The van der Waals surface area contributed by atoms with Crippen molar-refractivity contribution in [3.05, 3.63) is 88.5 Å². The van der Waals surface area contributed by atoms with Crippen molar-refractivity contribution < 1.29 is 29.0 Å². The van der Waals surface area contributed by atoms with Crippen LogP contribution in [-0.2, 0) is 14.4 Å². The molecule has 3 aromatic carbocycles. The van der Waals surface area contributed by atoms with Crippen LogP contribution in [0.1, 0.15) is 55.0 Å². The quantitative estimate of drug-likeness (QED) is 0.231. The lowest BCUT2D eigenvalue weighted by Crippen LogP contribution is -2.29. The molecule has 0 saturated carbocycles. The molecule has 39 heavy (non-hydrogen) atoms. The highest BCUT2D eigenvalue weighted by molar-refractivity contribution is 6.51. The van der Waals surface area contributed by atoms with Crippen molar-refractivity contribution in [2.24, 2.45) is 0 Å². The van der Waals surface area contributed by atoms with Gasteiger partial charge in [-0.25, -0.2) is 0 Å². The molecule has 1 fully saturated rings. The molecular formula is C31H32N2O6. The number of benzene rings is 3. The number of nitrogens with one attached hydrogen (secondary N) is 1. The fourth-order valence-electron chi connectivity index (χ4n) is 4.89. The first kappa shape index (κ1) is 27.4. The monoisotopic (exact) mass is 528 g/mol. The van der Waals surface area contributed by atoms with E-state index in [0.717, 1.165) is 5.56 Å². The van der Waals surface area contributed by atoms with E-state index in [4.69, 9.17) is 9.47 Å². The van der Waals surface area contributed by atoms with Gasteiger partial charge in [0.15, 0.2) is 0 Å². The van der Waals surface area contributed by atoms with Gasteiger partial charge in [-0.3, -0.25) is 19.3 Å². The van der Waals surface area contributed by atoms with Crippen LogP contribution in [0.15, 0.2) is 66.2 Å². The smallest absolute Gasteiger partial charge is 0.300 e. The van der Waals surface area contributed by atoms with Crippen LogP contribution < -0.4 is 19.7 Å². The molecular weight excluding hydrogens is 496 g/mol. The second-order valence-corrected chi connectivity index (χ2v) is 9.74. The number of amides is 2. The Morgan fingerprint density at radius 1 is 1.00 bits per heavy atom. The summed E-state index contributed by atoms with van der Waals surface area (Å²) >= 11 is 0. The third-order valence-electron chi connectivity index (χ3n) is 6.75. The number of carbonyl (C=O) groups is 3. The van der Waals surface area contributed by atoms with Gasteiger partial charge in [0.05, 0.1) is 25.8 Å². The van der Waals surface area contributed by atoms with E-state index in [9.17, 15) is 19.5 Å². The Hall–Kier alpha value is -4.59. The maximum absolute atomic E-state index is 13.6. The molecule has 1 atom stereocenters. The summed E-state index contributed by atoms with van der Waals surface area (Å²) < 4.78 is 11.0. The Balaban J connectivity index is 1.98. The van der Waals surface area contributed by atoms with Crippen molar-refractivity contribution in [3.8, 4) is 11.5 Å². The molecule has 1 saturated heterocycles. The minimum atomic E-state index is -0.948. The highest BCUT2D eigenvalue weighted by atomic mass is 16.5. The van der Waals surface area contributed by atoms with Crippen molar-refractivity contribution in [1.29, 1.82) is 0 Å². The first-order valence-corrected chi connectivity index (χ1v) is 12.6. The van der Waals surface area contributed by atoms with E-state index in [2.05, 4.69) is 5.32 Å². The zero-order valence-corrected chi connectivity index (χ0v) is 22.9. The summed E-state index contributed by atoms with van der Waals surface area (Å²) in [5.41, 5.74) is 3.40. The van der Waals surface area contributed by atoms with Crippen LogP contribution in [0.3, 0.4) is 0 Å². The van der Waals surface area contributed by atoms with E-state index in [1.54, 1.807) is 55.6 Å². The van der Waals surface area contributed by atoms with Crippen molar-refractivity contribution in [2.45, 2.75) is 39.7 Å². The second kappa shape index (κ2) is 11.0. The molecule has 0 bridgehead atoms. The molecule has 1 aliphatic heterocycles. The Kier molecular flexibility index (Phi) is 7.76. The Labute approximate surface area is 227 Å². The fourth-order valence-corrected chi connectivity index (χ4v) is 4.89. The van der Waals surface area contributed by atoms with Crippen LogP contribution in [-0.4, -0.2) is 36.9 Å². The zero-order chi connectivity index (χ0) is 28.4. The summed E-state index contributed by atoms with van der Waals surface area (Å²) in [6.45, 7) is 7.22. The minimum Gasteiger partial charge on any atom is -0.507 e. The molecule has 2 N–H and O–H groups in total. The van der Waals surface area contributed by atoms with E-state index >= 15 is 0 Å². The molecule has 202 valence electrons. The average molecular weight is 529 g/mol. The Morgan fingerprint density at radius 3 is 2.36 bits per heavy atom.